The van der Waals surface area contributed by atoms with E-state index in [-0.39, 0.29) is 5.02 Å². The Labute approximate surface area is 173 Å². The van der Waals surface area contributed by atoms with Crippen LogP contribution in [0.4, 0.5) is 5.69 Å². The number of ether oxygens (including phenoxy) is 1. The van der Waals surface area contributed by atoms with Crippen molar-refractivity contribution in [3.8, 4) is 5.75 Å². The first-order valence-corrected chi connectivity index (χ1v) is 9.54. The number of nitrogens with one attached hydrogen (secondary N) is 2. The maximum absolute atomic E-state index is 12.0. The zero-order valence-corrected chi connectivity index (χ0v) is 16.9. The first-order valence-electron chi connectivity index (χ1n) is 8.79. The summed E-state index contributed by atoms with van der Waals surface area (Å²) in [6.07, 6.45) is 3.06. The number of amides is 2. The van der Waals surface area contributed by atoms with Crippen molar-refractivity contribution in [2.24, 2.45) is 5.10 Å². The Morgan fingerprint density at radius 2 is 1.89 bits per heavy atom. The number of para-hydroxylation sites is 1. The van der Waals surface area contributed by atoms with Crippen LogP contribution in [-0.4, -0.2) is 24.6 Å². The molecule has 0 heterocycles. The van der Waals surface area contributed by atoms with Gasteiger partial charge in [0.25, 0.3) is 0 Å². The number of unbranched alkanes of at least 4 members (excludes halogenated alkanes) is 1. The molecule has 6 nitrogen and oxygen atoms in total. The van der Waals surface area contributed by atoms with E-state index in [0.717, 1.165) is 18.4 Å². The van der Waals surface area contributed by atoms with Crippen LogP contribution in [0, 0.1) is 0 Å². The number of carbonyl (C=O) groups is 2. The fourth-order valence-electron chi connectivity index (χ4n) is 2.20. The molecule has 148 valence electrons. The number of anilines is 1. The zero-order valence-electron chi connectivity index (χ0n) is 15.4. The minimum Gasteiger partial charge on any atom is -0.493 e. The first kappa shape index (κ1) is 21.7. The molecule has 2 aromatic carbocycles. The van der Waals surface area contributed by atoms with Crippen molar-refractivity contribution in [1.29, 1.82) is 0 Å². The fraction of sp³-hybridized carbons (Fsp3) is 0.250. The second-order valence-electron chi connectivity index (χ2n) is 5.86. The minimum absolute atomic E-state index is 0.218. The summed E-state index contributed by atoms with van der Waals surface area (Å²) in [5.74, 6) is -0.404. The quantitative estimate of drug-likeness (QED) is 0.267. The predicted octanol–water partition coefficient (Wildman–Crippen LogP) is 4.65. The van der Waals surface area contributed by atoms with Crippen LogP contribution in [0.2, 0.25) is 10.0 Å². The van der Waals surface area contributed by atoms with Gasteiger partial charge in [0.1, 0.15) is 12.2 Å². The van der Waals surface area contributed by atoms with Gasteiger partial charge in [-0.1, -0.05) is 54.7 Å². The highest BCUT2D eigenvalue weighted by molar-refractivity contribution is 6.44. The first-order chi connectivity index (χ1) is 13.5. The average Bonchev–Trinajstić information content (AvgIpc) is 2.67. The summed E-state index contributed by atoms with van der Waals surface area (Å²) < 4.78 is 5.70. The van der Waals surface area contributed by atoms with Crippen molar-refractivity contribution >= 4 is 46.9 Å². The summed E-state index contributed by atoms with van der Waals surface area (Å²) in [4.78, 5) is 23.9. The Balaban J connectivity index is 1.86. The van der Waals surface area contributed by atoms with E-state index in [1.807, 2.05) is 24.3 Å². The predicted molar refractivity (Wildman–Crippen MR) is 112 cm³/mol. The van der Waals surface area contributed by atoms with Crippen LogP contribution in [-0.2, 0) is 9.59 Å². The molecule has 0 aliphatic rings. The highest BCUT2D eigenvalue weighted by Crippen LogP contribution is 2.29. The fourth-order valence-corrected chi connectivity index (χ4v) is 2.55. The van der Waals surface area contributed by atoms with Crippen LogP contribution in [0.15, 0.2) is 47.6 Å². The van der Waals surface area contributed by atoms with E-state index in [2.05, 4.69) is 22.8 Å². The van der Waals surface area contributed by atoms with E-state index in [1.54, 1.807) is 18.2 Å². The van der Waals surface area contributed by atoms with Crippen LogP contribution >= 0.6 is 23.2 Å². The SMILES string of the molecule is CCCCOc1ccccc1C=NNC(=O)CC(=O)Nc1cccc(Cl)c1Cl. The summed E-state index contributed by atoms with van der Waals surface area (Å²) in [5, 5.41) is 6.96. The number of hydrogen-bond donors (Lipinski definition) is 2. The summed E-state index contributed by atoms with van der Waals surface area (Å²) in [7, 11) is 0. The van der Waals surface area contributed by atoms with E-state index in [0.29, 0.717) is 23.1 Å². The second-order valence-corrected chi connectivity index (χ2v) is 6.64. The molecule has 2 aromatic rings. The maximum Gasteiger partial charge on any atom is 0.249 e. The lowest BCUT2D eigenvalue weighted by Crippen LogP contribution is -2.24. The molecule has 0 aliphatic carbocycles. The zero-order chi connectivity index (χ0) is 20.4. The summed E-state index contributed by atoms with van der Waals surface area (Å²) in [5.41, 5.74) is 3.40. The molecule has 8 heteroatoms. The molecule has 0 spiro atoms. The molecule has 0 saturated carbocycles. The number of halogens is 2. The van der Waals surface area contributed by atoms with Gasteiger partial charge >= 0.3 is 0 Å². The summed E-state index contributed by atoms with van der Waals surface area (Å²) >= 11 is 11.9. The van der Waals surface area contributed by atoms with Gasteiger partial charge in [-0.05, 0) is 30.7 Å². The van der Waals surface area contributed by atoms with E-state index >= 15 is 0 Å². The molecule has 0 radical (unpaired) electrons. The molecule has 2 N–H and O–H groups in total. The highest BCUT2D eigenvalue weighted by Gasteiger charge is 2.12. The number of rotatable bonds is 9. The summed E-state index contributed by atoms with van der Waals surface area (Å²) in [6, 6.07) is 12.2. The molecule has 2 amide bonds. The third-order valence-electron chi connectivity index (χ3n) is 3.61. The number of hydrazone groups is 1. The Bertz CT molecular complexity index is 856. The number of hydrogen-bond acceptors (Lipinski definition) is 4. The topological polar surface area (TPSA) is 79.8 Å². The van der Waals surface area contributed by atoms with Gasteiger partial charge in [0.05, 0.1) is 28.6 Å². The van der Waals surface area contributed by atoms with Gasteiger partial charge in [0.2, 0.25) is 11.8 Å². The average molecular weight is 422 g/mol. The van der Waals surface area contributed by atoms with Crippen LogP contribution < -0.4 is 15.5 Å². The van der Waals surface area contributed by atoms with Gasteiger partial charge in [-0.15, -0.1) is 0 Å². The van der Waals surface area contributed by atoms with E-state index in [9.17, 15) is 9.59 Å². The molecule has 2 rings (SSSR count). The van der Waals surface area contributed by atoms with Crippen LogP contribution in [0.1, 0.15) is 31.7 Å². The van der Waals surface area contributed by atoms with Crippen LogP contribution in [0.5, 0.6) is 5.75 Å². The molecule has 0 aromatic heterocycles. The van der Waals surface area contributed by atoms with Crippen LogP contribution in [0.3, 0.4) is 0 Å². The highest BCUT2D eigenvalue weighted by atomic mass is 35.5. The Morgan fingerprint density at radius 3 is 2.68 bits per heavy atom. The molecular weight excluding hydrogens is 401 g/mol. The molecular formula is C20H21Cl2N3O3. The van der Waals surface area contributed by atoms with Crippen molar-refractivity contribution in [1.82, 2.24) is 5.43 Å². The molecule has 0 unspecified atom stereocenters. The molecule has 0 atom stereocenters. The van der Waals surface area contributed by atoms with Crippen molar-refractivity contribution in [3.63, 3.8) is 0 Å². The van der Waals surface area contributed by atoms with Crippen molar-refractivity contribution in [3.05, 3.63) is 58.1 Å². The monoisotopic (exact) mass is 421 g/mol. The van der Waals surface area contributed by atoms with E-state index < -0.39 is 18.2 Å². The molecule has 0 fully saturated rings. The van der Waals surface area contributed by atoms with Crippen molar-refractivity contribution in [2.75, 3.05) is 11.9 Å². The molecule has 0 aliphatic heterocycles. The van der Waals surface area contributed by atoms with Crippen molar-refractivity contribution < 1.29 is 14.3 Å². The Morgan fingerprint density at radius 1 is 1.11 bits per heavy atom. The van der Waals surface area contributed by atoms with Gasteiger partial charge in [-0.2, -0.15) is 5.10 Å². The lowest BCUT2D eigenvalue weighted by molar-refractivity contribution is -0.126. The summed E-state index contributed by atoms with van der Waals surface area (Å²) in [6.45, 7) is 2.70. The number of nitrogens with zero attached hydrogens (tertiary/aromatic N) is 1. The van der Waals surface area contributed by atoms with Gasteiger partial charge in [0.15, 0.2) is 0 Å². The van der Waals surface area contributed by atoms with Gasteiger partial charge in [0, 0.05) is 5.56 Å². The smallest absolute Gasteiger partial charge is 0.249 e. The number of carbonyl (C=O) groups excluding carboxylic acids is 2. The third kappa shape index (κ3) is 6.87. The van der Waals surface area contributed by atoms with Gasteiger partial charge in [-0.3, -0.25) is 9.59 Å². The largest absolute Gasteiger partial charge is 0.493 e. The van der Waals surface area contributed by atoms with Gasteiger partial charge in [-0.25, -0.2) is 5.43 Å². The van der Waals surface area contributed by atoms with E-state index in [1.165, 1.54) is 6.21 Å². The Kier molecular flexibility index (Phi) is 8.78. The lowest BCUT2D eigenvalue weighted by Gasteiger charge is -2.08. The minimum atomic E-state index is -0.559. The standard InChI is InChI=1S/C20H21Cl2N3O3/c1-2-3-11-28-17-10-5-4-7-14(17)13-23-25-19(27)12-18(26)24-16-9-6-8-15(21)20(16)22/h4-10,13H,2-3,11-12H2,1H3,(H,24,26)(H,25,27). The normalized spacial score (nSPS) is 10.7. The lowest BCUT2D eigenvalue weighted by atomic mass is 10.2. The van der Waals surface area contributed by atoms with Crippen LogP contribution in [0.25, 0.3) is 0 Å². The molecule has 0 saturated heterocycles. The second kappa shape index (κ2) is 11.3. The maximum atomic E-state index is 12.0. The van der Waals surface area contributed by atoms with Gasteiger partial charge < -0.3 is 10.1 Å². The Hall–Kier alpha value is -2.57. The molecule has 0 bridgehead atoms. The number of benzene rings is 2. The molecule has 28 heavy (non-hydrogen) atoms. The van der Waals surface area contributed by atoms with Crippen molar-refractivity contribution in [2.45, 2.75) is 26.2 Å². The third-order valence-corrected chi connectivity index (χ3v) is 4.43. The van der Waals surface area contributed by atoms with E-state index in [4.69, 9.17) is 27.9 Å².